The van der Waals surface area contributed by atoms with E-state index in [9.17, 15) is 0 Å². The first-order valence-corrected chi connectivity index (χ1v) is 5.80. The fourth-order valence-electron chi connectivity index (χ4n) is 1.60. The van der Waals surface area contributed by atoms with E-state index in [0.717, 1.165) is 24.9 Å². The molecule has 3 heteroatoms. The lowest BCUT2D eigenvalue weighted by Gasteiger charge is -2.14. The molecular formula is C13H21NO2. The van der Waals surface area contributed by atoms with Crippen LogP contribution < -0.4 is 5.32 Å². The zero-order valence-corrected chi connectivity index (χ0v) is 9.98. The number of aliphatic hydroxyl groups is 1. The van der Waals surface area contributed by atoms with Gasteiger partial charge in [0.15, 0.2) is 0 Å². The van der Waals surface area contributed by atoms with Crippen LogP contribution in [-0.4, -0.2) is 22.9 Å². The smallest absolute Gasteiger partial charge is 0.115 e. The summed E-state index contributed by atoms with van der Waals surface area (Å²) in [5, 5.41) is 21.7. The topological polar surface area (TPSA) is 52.5 Å². The van der Waals surface area contributed by atoms with Crippen LogP contribution in [0.25, 0.3) is 0 Å². The molecule has 3 nitrogen and oxygen atoms in total. The van der Waals surface area contributed by atoms with Gasteiger partial charge in [0.05, 0.1) is 6.10 Å². The number of hydrogen-bond acceptors (Lipinski definition) is 3. The van der Waals surface area contributed by atoms with Gasteiger partial charge in [-0.25, -0.2) is 0 Å². The van der Waals surface area contributed by atoms with Crippen molar-refractivity contribution in [1.29, 1.82) is 0 Å². The van der Waals surface area contributed by atoms with Crippen LogP contribution in [0.4, 0.5) is 0 Å². The summed E-state index contributed by atoms with van der Waals surface area (Å²) in [7, 11) is 0. The Morgan fingerprint density at radius 1 is 1.19 bits per heavy atom. The number of phenolic OH excluding ortho intramolecular Hbond substituents is 1. The molecule has 0 spiro atoms. The third-order valence-corrected chi connectivity index (χ3v) is 2.64. The van der Waals surface area contributed by atoms with Crippen LogP contribution in [0.5, 0.6) is 5.75 Å². The van der Waals surface area contributed by atoms with Crippen LogP contribution in [0.1, 0.15) is 38.3 Å². The molecule has 0 saturated heterocycles. The van der Waals surface area contributed by atoms with Gasteiger partial charge in [-0.1, -0.05) is 12.1 Å². The van der Waals surface area contributed by atoms with Gasteiger partial charge in [0.1, 0.15) is 5.75 Å². The molecule has 0 fully saturated rings. The predicted molar refractivity (Wildman–Crippen MR) is 65.4 cm³/mol. The highest BCUT2D eigenvalue weighted by Crippen LogP contribution is 2.16. The monoisotopic (exact) mass is 223 g/mol. The number of rotatable bonds is 6. The van der Waals surface area contributed by atoms with Crippen LogP contribution in [-0.2, 0) is 0 Å². The van der Waals surface area contributed by atoms with Crippen molar-refractivity contribution in [3.63, 3.8) is 0 Å². The summed E-state index contributed by atoms with van der Waals surface area (Å²) >= 11 is 0. The van der Waals surface area contributed by atoms with E-state index in [-0.39, 0.29) is 12.1 Å². The molecule has 16 heavy (non-hydrogen) atoms. The van der Waals surface area contributed by atoms with Gasteiger partial charge >= 0.3 is 0 Å². The quantitative estimate of drug-likeness (QED) is 0.648. The Kier molecular flexibility index (Phi) is 5.29. The lowest BCUT2D eigenvalue weighted by molar-refractivity contribution is 0.181. The molecule has 1 rings (SSSR count). The molecule has 0 aliphatic rings. The third kappa shape index (κ3) is 4.64. The zero-order valence-electron chi connectivity index (χ0n) is 9.98. The summed E-state index contributed by atoms with van der Waals surface area (Å²) in [5.74, 6) is 0.296. The summed E-state index contributed by atoms with van der Waals surface area (Å²) in [4.78, 5) is 0. The van der Waals surface area contributed by atoms with E-state index in [1.807, 2.05) is 19.1 Å². The Labute approximate surface area is 97.1 Å². The van der Waals surface area contributed by atoms with Gasteiger partial charge in [-0.3, -0.25) is 0 Å². The van der Waals surface area contributed by atoms with Gasteiger partial charge in [-0.05, 0) is 50.9 Å². The second-order valence-electron chi connectivity index (χ2n) is 4.26. The van der Waals surface area contributed by atoms with Crippen molar-refractivity contribution in [2.45, 2.75) is 38.8 Å². The maximum atomic E-state index is 9.17. The van der Waals surface area contributed by atoms with Crippen molar-refractivity contribution in [3.8, 4) is 5.75 Å². The molecule has 1 aromatic carbocycles. The summed E-state index contributed by atoms with van der Waals surface area (Å²) in [6, 6.07) is 7.50. The van der Waals surface area contributed by atoms with Gasteiger partial charge < -0.3 is 15.5 Å². The zero-order chi connectivity index (χ0) is 12.0. The lowest BCUT2D eigenvalue weighted by Crippen LogP contribution is -2.20. The maximum absolute atomic E-state index is 9.17. The normalized spacial score (nSPS) is 14.7. The number of phenols is 1. The second-order valence-corrected chi connectivity index (χ2v) is 4.26. The van der Waals surface area contributed by atoms with Crippen LogP contribution in [0.3, 0.4) is 0 Å². The number of aliphatic hydroxyl groups excluding tert-OH is 1. The Bertz CT molecular complexity index is 295. The molecule has 0 saturated carbocycles. The summed E-state index contributed by atoms with van der Waals surface area (Å²) in [6.07, 6.45) is 1.58. The Balaban J connectivity index is 2.29. The minimum atomic E-state index is -0.217. The molecule has 0 aliphatic carbocycles. The molecule has 0 bridgehead atoms. The van der Waals surface area contributed by atoms with Crippen molar-refractivity contribution in [2.75, 3.05) is 6.54 Å². The minimum Gasteiger partial charge on any atom is -0.508 e. The molecule has 0 heterocycles. The van der Waals surface area contributed by atoms with Crippen molar-refractivity contribution in [3.05, 3.63) is 29.8 Å². The van der Waals surface area contributed by atoms with Crippen LogP contribution in [0.15, 0.2) is 24.3 Å². The molecule has 3 N–H and O–H groups in total. The highest BCUT2D eigenvalue weighted by molar-refractivity contribution is 5.27. The van der Waals surface area contributed by atoms with E-state index in [2.05, 4.69) is 12.2 Å². The largest absolute Gasteiger partial charge is 0.508 e. The van der Waals surface area contributed by atoms with E-state index in [1.54, 1.807) is 12.1 Å². The average molecular weight is 223 g/mol. The molecule has 1 aromatic rings. The van der Waals surface area contributed by atoms with Crippen LogP contribution >= 0.6 is 0 Å². The van der Waals surface area contributed by atoms with Crippen LogP contribution in [0.2, 0.25) is 0 Å². The standard InChI is InChI=1S/C13H21NO2/c1-10(15)4-3-9-14-11(2)12-5-7-13(16)8-6-12/h5-8,10-11,14-16H,3-4,9H2,1-2H3. The second kappa shape index (κ2) is 6.51. The van der Waals surface area contributed by atoms with Gasteiger partial charge in [0, 0.05) is 6.04 Å². The number of hydrogen-bond donors (Lipinski definition) is 3. The van der Waals surface area contributed by atoms with Crippen molar-refractivity contribution in [1.82, 2.24) is 5.32 Å². The van der Waals surface area contributed by atoms with E-state index in [0.29, 0.717) is 5.75 Å². The summed E-state index contributed by atoms with van der Waals surface area (Å²) in [6.45, 7) is 4.80. The van der Waals surface area contributed by atoms with Gasteiger partial charge in [0.25, 0.3) is 0 Å². The Morgan fingerprint density at radius 3 is 2.38 bits per heavy atom. The van der Waals surface area contributed by atoms with Gasteiger partial charge in [-0.15, -0.1) is 0 Å². The minimum absolute atomic E-state index is 0.217. The van der Waals surface area contributed by atoms with E-state index in [4.69, 9.17) is 10.2 Å². The van der Waals surface area contributed by atoms with Gasteiger partial charge in [0.2, 0.25) is 0 Å². The lowest BCUT2D eigenvalue weighted by atomic mass is 10.1. The van der Waals surface area contributed by atoms with E-state index >= 15 is 0 Å². The average Bonchev–Trinajstić information content (AvgIpc) is 2.25. The fourth-order valence-corrected chi connectivity index (χ4v) is 1.60. The highest BCUT2D eigenvalue weighted by atomic mass is 16.3. The molecular weight excluding hydrogens is 202 g/mol. The maximum Gasteiger partial charge on any atom is 0.115 e. The first-order chi connectivity index (χ1) is 7.59. The van der Waals surface area contributed by atoms with Gasteiger partial charge in [-0.2, -0.15) is 0 Å². The molecule has 0 aliphatic heterocycles. The van der Waals surface area contributed by atoms with E-state index in [1.165, 1.54) is 0 Å². The fraction of sp³-hybridized carbons (Fsp3) is 0.538. The van der Waals surface area contributed by atoms with Crippen molar-refractivity contribution in [2.24, 2.45) is 0 Å². The molecule has 2 atom stereocenters. The molecule has 90 valence electrons. The molecule has 0 radical (unpaired) electrons. The number of benzene rings is 1. The molecule has 2 unspecified atom stereocenters. The summed E-state index contributed by atoms with van der Waals surface area (Å²) < 4.78 is 0. The first kappa shape index (κ1) is 13.0. The predicted octanol–water partition coefficient (Wildman–Crippen LogP) is 2.20. The number of nitrogens with one attached hydrogen (secondary N) is 1. The van der Waals surface area contributed by atoms with E-state index < -0.39 is 0 Å². The van der Waals surface area contributed by atoms with Crippen molar-refractivity contribution < 1.29 is 10.2 Å². The van der Waals surface area contributed by atoms with Crippen molar-refractivity contribution >= 4 is 0 Å². The highest BCUT2D eigenvalue weighted by Gasteiger charge is 2.04. The number of aromatic hydroxyl groups is 1. The first-order valence-electron chi connectivity index (χ1n) is 5.80. The molecule has 0 amide bonds. The molecule has 0 aromatic heterocycles. The SMILES string of the molecule is CC(O)CCCNC(C)c1ccc(O)cc1. The Hall–Kier alpha value is -1.06. The third-order valence-electron chi connectivity index (χ3n) is 2.64. The summed E-state index contributed by atoms with van der Waals surface area (Å²) in [5.41, 5.74) is 1.16. The van der Waals surface area contributed by atoms with Crippen LogP contribution in [0, 0.1) is 0 Å². The Morgan fingerprint density at radius 2 is 1.81 bits per heavy atom.